The minimum Gasteiger partial charge on any atom is -0.340 e. The van der Waals surface area contributed by atoms with Crippen molar-refractivity contribution in [3.05, 3.63) is 18.5 Å². The Balaban J connectivity index is 0.00000225. The van der Waals surface area contributed by atoms with Crippen LogP contribution >= 0.6 is 12.4 Å². The standard InChI is InChI=1S/C16H23F3N4O.ClH/c17-16(18,19)6-11-22(12-13-2-3-13)14(24)15(4-8-20-9-5-15)23-10-1-7-21-23;/h1,7,10,13,20H,2-6,8-9,11-12H2;1H. The molecule has 0 spiro atoms. The highest BCUT2D eigenvalue weighted by molar-refractivity contribution is 5.85. The van der Waals surface area contributed by atoms with E-state index in [4.69, 9.17) is 0 Å². The van der Waals surface area contributed by atoms with E-state index in [0.717, 1.165) is 12.8 Å². The molecule has 2 heterocycles. The molecule has 142 valence electrons. The van der Waals surface area contributed by atoms with E-state index in [1.807, 2.05) is 0 Å². The summed E-state index contributed by atoms with van der Waals surface area (Å²) in [5.41, 5.74) is -0.866. The van der Waals surface area contributed by atoms with Gasteiger partial charge >= 0.3 is 6.18 Å². The van der Waals surface area contributed by atoms with Crippen LogP contribution in [-0.4, -0.2) is 52.9 Å². The Kier molecular flexibility index (Phi) is 6.37. The molecule has 1 amide bonds. The molecule has 9 heteroatoms. The Morgan fingerprint density at radius 2 is 2.00 bits per heavy atom. The van der Waals surface area contributed by atoms with Crippen molar-refractivity contribution in [2.24, 2.45) is 5.92 Å². The van der Waals surface area contributed by atoms with E-state index < -0.39 is 18.1 Å². The Labute approximate surface area is 151 Å². The summed E-state index contributed by atoms with van der Waals surface area (Å²) in [5, 5.41) is 7.45. The van der Waals surface area contributed by atoms with Crippen molar-refractivity contribution in [1.29, 1.82) is 0 Å². The molecule has 1 aliphatic carbocycles. The molecule has 1 aromatic heterocycles. The SMILES string of the molecule is Cl.O=C(N(CCC(F)(F)F)CC1CC1)C1(n2cccn2)CCNCC1. The molecule has 5 nitrogen and oxygen atoms in total. The van der Waals surface area contributed by atoms with E-state index in [0.29, 0.717) is 38.4 Å². The van der Waals surface area contributed by atoms with Crippen LogP contribution < -0.4 is 5.32 Å². The number of aromatic nitrogens is 2. The number of amides is 1. The summed E-state index contributed by atoms with van der Waals surface area (Å²) in [6.45, 7) is 1.46. The molecule has 1 saturated heterocycles. The number of hydrogen-bond acceptors (Lipinski definition) is 3. The summed E-state index contributed by atoms with van der Waals surface area (Å²) in [4.78, 5) is 14.7. The number of carbonyl (C=O) groups is 1. The molecule has 1 N–H and O–H groups in total. The predicted octanol–water partition coefficient (Wildman–Crippen LogP) is 2.57. The maximum atomic E-state index is 13.3. The molecule has 0 unspecified atom stereocenters. The summed E-state index contributed by atoms with van der Waals surface area (Å²) in [6, 6.07) is 1.75. The molecule has 1 saturated carbocycles. The fraction of sp³-hybridized carbons (Fsp3) is 0.750. The van der Waals surface area contributed by atoms with Gasteiger partial charge in [0.05, 0.1) is 6.42 Å². The lowest BCUT2D eigenvalue weighted by Gasteiger charge is -2.40. The average Bonchev–Trinajstić information content (AvgIpc) is 3.19. The van der Waals surface area contributed by atoms with Crippen molar-refractivity contribution in [2.75, 3.05) is 26.2 Å². The highest BCUT2D eigenvalue weighted by Crippen LogP contribution is 2.34. The first-order chi connectivity index (χ1) is 11.4. The smallest absolute Gasteiger partial charge is 0.340 e. The topological polar surface area (TPSA) is 50.2 Å². The number of piperidine rings is 1. The Morgan fingerprint density at radius 3 is 2.52 bits per heavy atom. The lowest BCUT2D eigenvalue weighted by Crippen LogP contribution is -2.56. The van der Waals surface area contributed by atoms with Crippen LogP contribution in [-0.2, 0) is 10.3 Å². The van der Waals surface area contributed by atoms with Gasteiger partial charge in [0.25, 0.3) is 5.91 Å². The van der Waals surface area contributed by atoms with Crippen molar-refractivity contribution in [3.63, 3.8) is 0 Å². The molecular formula is C16H24ClF3N4O. The Morgan fingerprint density at radius 1 is 1.32 bits per heavy atom. The third-order valence-corrected chi connectivity index (χ3v) is 4.90. The number of hydrogen-bond donors (Lipinski definition) is 1. The molecule has 1 aromatic rings. The maximum absolute atomic E-state index is 13.3. The Bertz CT molecular complexity index is 554. The van der Waals surface area contributed by atoms with Gasteiger partial charge in [0.2, 0.25) is 0 Å². The van der Waals surface area contributed by atoms with Gasteiger partial charge in [-0.2, -0.15) is 18.3 Å². The minimum absolute atomic E-state index is 0. The second-order valence-electron chi connectivity index (χ2n) is 6.79. The largest absolute Gasteiger partial charge is 0.390 e. The molecule has 2 aliphatic rings. The van der Waals surface area contributed by atoms with Gasteiger partial charge in [-0.3, -0.25) is 9.48 Å². The van der Waals surface area contributed by atoms with Crippen molar-refractivity contribution < 1.29 is 18.0 Å². The van der Waals surface area contributed by atoms with E-state index in [2.05, 4.69) is 10.4 Å². The zero-order chi connectivity index (χ0) is 17.2. The van der Waals surface area contributed by atoms with Gasteiger partial charge in [0, 0.05) is 25.5 Å². The minimum atomic E-state index is -4.25. The van der Waals surface area contributed by atoms with Crippen LogP contribution in [0.2, 0.25) is 0 Å². The third-order valence-electron chi connectivity index (χ3n) is 4.90. The fourth-order valence-electron chi connectivity index (χ4n) is 3.35. The van der Waals surface area contributed by atoms with Crippen molar-refractivity contribution in [3.8, 4) is 0 Å². The number of carbonyl (C=O) groups excluding carboxylic acids is 1. The van der Waals surface area contributed by atoms with Crippen molar-refractivity contribution in [1.82, 2.24) is 20.0 Å². The average molecular weight is 381 g/mol. The molecule has 0 radical (unpaired) electrons. The van der Waals surface area contributed by atoms with Crippen LogP contribution in [0, 0.1) is 5.92 Å². The predicted molar refractivity (Wildman–Crippen MR) is 89.5 cm³/mol. The number of halogens is 4. The summed E-state index contributed by atoms with van der Waals surface area (Å²) in [5.74, 6) is 0.127. The highest BCUT2D eigenvalue weighted by Gasteiger charge is 2.45. The zero-order valence-corrected chi connectivity index (χ0v) is 14.8. The lowest BCUT2D eigenvalue weighted by atomic mass is 9.86. The van der Waals surface area contributed by atoms with Crippen LogP contribution in [0.4, 0.5) is 13.2 Å². The summed E-state index contributed by atoms with van der Waals surface area (Å²) in [7, 11) is 0. The van der Waals surface area contributed by atoms with Gasteiger partial charge in [-0.1, -0.05) is 0 Å². The van der Waals surface area contributed by atoms with Gasteiger partial charge in [0.1, 0.15) is 5.54 Å². The second-order valence-corrected chi connectivity index (χ2v) is 6.79. The summed E-state index contributed by atoms with van der Waals surface area (Å²) < 4.78 is 39.7. The Hall–Kier alpha value is -1.28. The highest BCUT2D eigenvalue weighted by atomic mass is 35.5. The van der Waals surface area contributed by atoms with Gasteiger partial charge in [-0.15, -0.1) is 12.4 Å². The second kappa shape index (κ2) is 7.95. The maximum Gasteiger partial charge on any atom is 0.390 e. The van der Waals surface area contributed by atoms with Crippen LogP contribution in [0.15, 0.2) is 18.5 Å². The van der Waals surface area contributed by atoms with Gasteiger partial charge in [0.15, 0.2) is 0 Å². The molecule has 3 rings (SSSR count). The molecule has 1 aliphatic heterocycles. The van der Waals surface area contributed by atoms with E-state index in [1.54, 1.807) is 23.1 Å². The van der Waals surface area contributed by atoms with Gasteiger partial charge in [-0.05, 0) is 50.8 Å². The lowest BCUT2D eigenvalue weighted by molar-refractivity contribution is -0.152. The van der Waals surface area contributed by atoms with Crippen molar-refractivity contribution >= 4 is 18.3 Å². The first kappa shape index (κ1) is 20.0. The number of rotatable bonds is 6. The number of nitrogens with one attached hydrogen (secondary N) is 1. The zero-order valence-electron chi connectivity index (χ0n) is 14.0. The summed E-state index contributed by atoms with van der Waals surface area (Å²) in [6.07, 6.45) is 1.20. The van der Waals surface area contributed by atoms with Gasteiger partial charge in [-0.25, -0.2) is 0 Å². The number of nitrogens with zero attached hydrogens (tertiary/aromatic N) is 3. The van der Waals surface area contributed by atoms with E-state index >= 15 is 0 Å². The van der Waals surface area contributed by atoms with E-state index in [-0.39, 0.29) is 24.9 Å². The molecular weight excluding hydrogens is 357 g/mol. The van der Waals surface area contributed by atoms with Gasteiger partial charge < -0.3 is 10.2 Å². The molecule has 25 heavy (non-hydrogen) atoms. The van der Waals surface area contributed by atoms with Crippen LogP contribution in [0.5, 0.6) is 0 Å². The first-order valence-corrected chi connectivity index (χ1v) is 8.48. The van der Waals surface area contributed by atoms with Crippen molar-refractivity contribution in [2.45, 2.75) is 43.8 Å². The molecule has 0 aromatic carbocycles. The van der Waals surface area contributed by atoms with E-state index in [1.165, 1.54) is 4.90 Å². The van der Waals surface area contributed by atoms with Crippen LogP contribution in [0.3, 0.4) is 0 Å². The molecule has 2 fully saturated rings. The van der Waals surface area contributed by atoms with Crippen LogP contribution in [0.25, 0.3) is 0 Å². The van der Waals surface area contributed by atoms with E-state index in [9.17, 15) is 18.0 Å². The fourth-order valence-corrected chi connectivity index (χ4v) is 3.35. The third kappa shape index (κ3) is 4.88. The summed E-state index contributed by atoms with van der Waals surface area (Å²) >= 11 is 0. The normalized spacial score (nSPS) is 20.0. The first-order valence-electron chi connectivity index (χ1n) is 8.48. The molecule has 0 bridgehead atoms. The molecule has 0 atom stereocenters. The number of alkyl halides is 3. The quantitative estimate of drug-likeness (QED) is 0.825. The van der Waals surface area contributed by atoms with Crippen LogP contribution in [0.1, 0.15) is 32.1 Å². The monoisotopic (exact) mass is 380 g/mol.